The van der Waals surface area contributed by atoms with Gasteiger partial charge in [0.15, 0.2) is 0 Å². The van der Waals surface area contributed by atoms with Crippen molar-refractivity contribution in [3.8, 4) is 0 Å². The fourth-order valence-electron chi connectivity index (χ4n) is 1.00. The number of halogens is 1. The van der Waals surface area contributed by atoms with E-state index in [1.165, 1.54) is 0 Å². The van der Waals surface area contributed by atoms with Gasteiger partial charge in [-0.3, -0.25) is 0 Å². The molecule has 0 bridgehead atoms. The van der Waals surface area contributed by atoms with Crippen LogP contribution >= 0.6 is 11.6 Å². The molecule has 1 atom stereocenters. The lowest BCUT2D eigenvalue weighted by atomic mass is 10.0. The van der Waals surface area contributed by atoms with E-state index < -0.39 is 12.0 Å². The van der Waals surface area contributed by atoms with Gasteiger partial charge < -0.3 is 10.8 Å². The van der Waals surface area contributed by atoms with Crippen LogP contribution < -0.4 is 5.73 Å². The highest BCUT2D eigenvalue weighted by Crippen LogP contribution is 2.19. The van der Waals surface area contributed by atoms with E-state index in [1.807, 2.05) is 0 Å². The van der Waals surface area contributed by atoms with Crippen LogP contribution in [0.1, 0.15) is 11.6 Å². The Morgan fingerprint density at radius 3 is 2.36 bits per heavy atom. The second kappa shape index (κ2) is 4.26. The normalized spacial score (nSPS) is 12.1. The fraction of sp³-hybridized carbons (Fsp3) is 0.100. The van der Waals surface area contributed by atoms with Crippen molar-refractivity contribution in [2.45, 2.75) is 6.04 Å². The molecule has 1 rings (SSSR count). The monoisotopic (exact) mass is 211 g/mol. The van der Waals surface area contributed by atoms with E-state index in [4.69, 9.17) is 22.4 Å². The molecule has 3 nitrogen and oxygen atoms in total. The van der Waals surface area contributed by atoms with Crippen molar-refractivity contribution in [3.63, 3.8) is 0 Å². The highest BCUT2D eigenvalue weighted by atomic mass is 35.5. The molecule has 3 N–H and O–H groups in total. The third-order valence-corrected chi connectivity index (χ3v) is 2.13. The predicted molar refractivity (Wildman–Crippen MR) is 55.2 cm³/mol. The van der Waals surface area contributed by atoms with E-state index in [2.05, 4.69) is 6.58 Å². The molecule has 0 amide bonds. The molecule has 0 fully saturated rings. The minimum absolute atomic E-state index is 0.0349. The summed E-state index contributed by atoms with van der Waals surface area (Å²) in [4.78, 5) is 10.6. The van der Waals surface area contributed by atoms with E-state index >= 15 is 0 Å². The Bertz CT molecular complexity index is 359. The van der Waals surface area contributed by atoms with Gasteiger partial charge >= 0.3 is 5.97 Å². The van der Waals surface area contributed by atoms with Gasteiger partial charge in [0.05, 0.1) is 11.6 Å². The largest absolute Gasteiger partial charge is 0.478 e. The van der Waals surface area contributed by atoms with Gasteiger partial charge in [-0.1, -0.05) is 30.3 Å². The van der Waals surface area contributed by atoms with Crippen molar-refractivity contribution >= 4 is 17.6 Å². The smallest absolute Gasteiger partial charge is 0.332 e. The third kappa shape index (κ3) is 2.34. The second-order valence-corrected chi connectivity index (χ2v) is 3.30. The number of hydrogen-bond donors (Lipinski definition) is 2. The fourth-order valence-corrected chi connectivity index (χ4v) is 1.13. The number of carboxylic acid groups (broad SMARTS) is 1. The molecule has 74 valence electrons. The van der Waals surface area contributed by atoms with Crippen LogP contribution in [0.15, 0.2) is 36.4 Å². The highest BCUT2D eigenvalue weighted by molar-refractivity contribution is 6.30. The summed E-state index contributed by atoms with van der Waals surface area (Å²) in [6, 6.07) is 5.99. The van der Waals surface area contributed by atoms with Gasteiger partial charge in [0.1, 0.15) is 0 Å². The number of aliphatic carboxylic acids is 1. The van der Waals surface area contributed by atoms with Gasteiger partial charge in [0.2, 0.25) is 0 Å². The average Bonchev–Trinajstić information content (AvgIpc) is 2.16. The van der Waals surface area contributed by atoms with Crippen LogP contribution in [-0.2, 0) is 4.79 Å². The van der Waals surface area contributed by atoms with Gasteiger partial charge in [-0.05, 0) is 17.7 Å². The summed E-state index contributed by atoms with van der Waals surface area (Å²) < 4.78 is 0. The molecule has 0 aliphatic heterocycles. The van der Waals surface area contributed by atoms with Gasteiger partial charge in [0.25, 0.3) is 0 Å². The first kappa shape index (κ1) is 10.8. The number of carbonyl (C=O) groups is 1. The number of rotatable bonds is 3. The van der Waals surface area contributed by atoms with Crippen LogP contribution in [0.2, 0.25) is 5.02 Å². The quantitative estimate of drug-likeness (QED) is 0.752. The minimum atomic E-state index is -1.09. The van der Waals surface area contributed by atoms with E-state index in [9.17, 15) is 4.79 Å². The van der Waals surface area contributed by atoms with Gasteiger partial charge in [-0.2, -0.15) is 0 Å². The predicted octanol–water partition coefficient (Wildman–Crippen LogP) is 1.98. The van der Waals surface area contributed by atoms with E-state index in [0.717, 1.165) is 0 Å². The first-order valence-corrected chi connectivity index (χ1v) is 4.33. The number of carboxylic acids is 1. The summed E-state index contributed by atoms with van der Waals surface area (Å²) in [7, 11) is 0. The minimum Gasteiger partial charge on any atom is -0.478 e. The molecule has 1 aromatic rings. The van der Waals surface area contributed by atoms with E-state index in [-0.39, 0.29) is 5.57 Å². The Kier molecular flexibility index (Phi) is 3.28. The lowest BCUT2D eigenvalue weighted by Gasteiger charge is -2.11. The maximum absolute atomic E-state index is 10.6. The molecule has 0 aliphatic rings. The molecule has 0 saturated carbocycles. The molecular weight excluding hydrogens is 202 g/mol. The number of benzene rings is 1. The highest BCUT2D eigenvalue weighted by Gasteiger charge is 2.15. The number of nitrogens with two attached hydrogens (primary N) is 1. The third-order valence-electron chi connectivity index (χ3n) is 1.88. The van der Waals surface area contributed by atoms with Gasteiger partial charge in [-0.25, -0.2) is 4.79 Å². The van der Waals surface area contributed by atoms with E-state index in [0.29, 0.717) is 10.6 Å². The zero-order chi connectivity index (χ0) is 10.7. The van der Waals surface area contributed by atoms with Crippen molar-refractivity contribution < 1.29 is 9.90 Å². The molecule has 0 unspecified atom stereocenters. The average molecular weight is 212 g/mol. The van der Waals surface area contributed by atoms with Gasteiger partial charge in [-0.15, -0.1) is 0 Å². The number of hydrogen-bond acceptors (Lipinski definition) is 2. The Hall–Kier alpha value is -1.32. The van der Waals surface area contributed by atoms with Crippen LogP contribution in [0.25, 0.3) is 0 Å². The molecule has 0 aliphatic carbocycles. The Morgan fingerprint density at radius 1 is 1.43 bits per heavy atom. The molecule has 4 heteroatoms. The Labute approximate surface area is 86.8 Å². The first-order valence-electron chi connectivity index (χ1n) is 3.95. The molecular formula is C10H10ClNO2. The topological polar surface area (TPSA) is 63.3 Å². The van der Waals surface area contributed by atoms with Crippen molar-refractivity contribution in [2.75, 3.05) is 0 Å². The molecule has 0 radical (unpaired) electrons. The zero-order valence-electron chi connectivity index (χ0n) is 7.40. The van der Waals surface area contributed by atoms with Crippen molar-refractivity contribution in [2.24, 2.45) is 5.73 Å². The molecule has 14 heavy (non-hydrogen) atoms. The van der Waals surface area contributed by atoms with Crippen molar-refractivity contribution in [1.82, 2.24) is 0 Å². The lowest BCUT2D eigenvalue weighted by Crippen LogP contribution is -2.18. The summed E-state index contributed by atoms with van der Waals surface area (Å²) in [6.45, 7) is 3.40. The molecule has 0 saturated heterocycles. The van der Waals surface area contributed by atoms with Gasteiger partial charge in [0, 0.05) is 5.02 Å². The summed E-state index contributed by atoms with van der Waals surface area (Å²) in [5.41, 5.74) is 6.31. The van der Waals surface area contributed by atoms with Crippen molar-refractivity contribution in [1.29, 1.82) is 0 Å². The maximum Gasteiger partial charge on any atom is 0.332 e. The summed E-state index contributed by atoms with van der Waals surface area (Å²) >= 11 is 5.68. The SMILES string of the molecule is C=C(C(=O)O)[C@@H](N)c1ccc(Cl)cc1. The molecule has 0 spiro atoms. The van der Waals surface area contributed by atoms with Crippen LogP contribution in [-0.4, -0.2) is 11.1 Å². The summed E-state index contributed by atoms with van der Waals surface area (Å²) in [5, 5.41) is 9.25. The van der Waals surface area contributed by atoms with Crippen LogP contribution in [0.3, 0.4) is 0 Å². The summed E-state index contributed by atoms with van der Waals surface area (Å²) in [6.07, 6.45) is 0. The van der Waals surface area contributed by atoms with Crippen LogP contribution in [0.5, 0.6) is 0 Å². The van der Waals surface area contributed by atoms with E-state index in [1.54, 1.807) is 24.3 Å². The molecule has 1 aromatic carbocycles. The molecule has 0 heterocycles. The van der Waals surface area contributed by atoms with Crippen LogP contribution in [0.4, 0.5) is 0 Å². The second-order valence-electron chi connectivity index (χ2n) is 2.86. The zero-order valence-corrected chi connectivity index (χ0v) is 8.16. The Morgan fingerprint density at radius 2 is 1.93 bits per heavy atom. The lowest BCUT2D eigenvalue weighted by molar-refractivity contribution is -0.132. The first-order chi connectivity index (χ1) is 6.52. The Balaban J connectivity index is 2.89. The van der Waals surface area contributed by atoms with Crippen LogP contribution in [0, 0.1) is 0 Å². The summed E-state index contributed by atoms with van der Waals surface area (Å²) in [5.74, 6) is -1.09. The van der Waals surface area contributed by atoms with Crippen molar-refractivity contribution in [3.05, 3.63) is 47.0 Å². The standard InChI is InChI=1S/C10H10ClNO2/c1-6(10(13)14)9(12)7-2-4-8(11)5-3-7/h2-5,9H,1,12H2,(H,13,14)/t9-/m1/s1. The molecule has 0 aromatic heterocycles. The maximum atomic E-state index is 10.6.